The highest BCUT2D eigenvalue weighted by Crippen LogP contribution is 2.51. The summed E-state index contributed by atoms with van der Waals surface area (Å²) in [6, 6.07) is 38.1. The predicted molar refractivity (Wildman–Crippen MR) is 114 cm³/mol. The average Bonchev–Trinajstić information content (AvgIpc) is 3.61. The molecule has 2 heteroatoms. The lowest BCUT2D eigenvalue weighted by Crippen LogP contribution is -2.28. The molecule has 0 radical (unpaired) electrons. The van der Waals surface area contributed by atoms with Crippen LogP contribution >= 0.6 is 0 Å². The molecule has 4 aromatic carbocycles. The lowest BCUT2D eigenvalue weighted by Gasteiger charge is -2.30. The van der Waals surface area contributed by atoms with Crippen molar-refractivity contribution in [1.82, 2.24) is 0 Å². The molecule has 1 fully saturated rings. The maximum Gasteiger partial charge on any atom is 0.140 e. The van der Waals surface area contributed by atoms with Gasteiger partial charge in [-0.3, -0.25) is 0 Å². The number of rotatable bonds is 5. The second-order valence-electron chi connectivity index (χ2n) is 7.45. The van der Waals surface area contributed by atoms with E-state index in [0.717, 1.165) is 22.3 Å². The van der Waals surface area contributed by atoms with Crippen LogP contribution in [0.1, 0.15) is 40.0 Å². The summed E-state index contributed by atoms with van der Waals surface area (Å²) in [4.78, 5) is 0. The van der Waals surface area contributed by atoms with Crippen LogP contribution in [0.3, 0.4) is 0 Å². The highest BCUT2D eigenvalue weighted by Gasteiger charge is 2.41. The molecule has 1 aliphatic heterocycles. The number of epoxide rings is 1. The van der Waals surface area contributed by atoms with E-state index in [4.69, 9.17) is 4.74 Å². The zero-order chi connectivity index (χ0) is 19.7. The summed E-state index contributed by atoms with van der Waals surface area (Å²) in [5.41, 5.74) is 3.67. The van der Waals surface area contributed by atoms with E-state index in [1.165, 1.54) is 5.56 Å². The second kappa shape index (κ2) is 7.32. The number of hydrogen-bond donors (Lipinski definition) is 1. The van der Waals surface area contributed by atoms with Crippen molar-refractivity contribution in [3.8, 4) is 0 Å². The maximum atomic E-state index is 11.9. The highest BCUT2D eigenvalue weighted by atomic mass is 16.6. The lowest BCUT2D eigenvalue weighted by atomic mass is 9.80. The Hall–Kier alpha value is -3.20. The van der Waals surface area contributed by atoms with Crippen molar-refractivity contribution in [2.75, 3.05) is 0 Å². The van der Waals surface area contributed by atoms with Crippen LogP contribution in [0.15, 0.2) is 115 Å². The highest BCUT2D eigenvalue weighted by molar-refractivity contribution is 5.47. The summed E-state index contributed by atoms with van der Waals surface area (Å²) in [6.45, 7) is 0. The van der Waals surface area contributed by atoms with Crippen molar-refractivity contribution in [2.45, 2.75) is 17.8 Å². The Bertz CT molecular complexity index is 1030. The van der Waals surface area contributed by atoms with E-state index in [9.17, 15) is 5.11 Å². The van der Waals surface area contributed by atoms with E-state index < -0.39 is 5.60 Å². The molecular weight excluding hydrogens is 356 g/mol. The van der Waals surface area contributed by atoms with Gasteiger partial charge in [-0.2, -0.15) is 0 Å². The van der Waals surface area contributed by atoms with Gasteiger partial charge in [0.25, 0.3) is 0 Å². The van der Waals surface area contributed by atoms with Gasteiger partial charge in [0.2, 0.25) is 0 Å². The molecule has 4 aromatic rings. The normalized spacial score (nSPS) is 18.4. The summed E-state index contributed by atoms with van der Waals surface area (Å²) in [6.07, 6.45) is 0.192. The van der Waals surface area contributed by atoms with Gasteiger partial charge < -0.3 is 9.84 Å². The first kappa shape index (κ1) is 17.9. The van der Waals surface area contributed by atoms with Gasteiger partial charge in [0.1, 0.15) is 17.8 Å². The largest absolute Gasteiger partial charge is 0.376 e. The van der Waals surface area contributed by atoms with Gasteiger partial charge in [0.15, 0.2) is 0 Å². The first-order valence-electron chi connectivity index (χ1n) is 9.91. The molecule has 2 unspecified atom stereocenters. The standard InChI is InChI=1S/C27H22O2/c28-27(22-12-6-2-7-13-22,23-14-8-3-9-15-23)24-18-16-21(17-19-24)26-25(29-26)20-10-4-1-5-11-20/h1-19,25-26,28H. The van der Waals surface area contributed by atoms with Gasteiger partial charge >= 0.3 is 0 Å². The minimum absolute atomic E-state index is 0.0768. The fourth-order valence-corrected chi connectivity index (χ4v) is 4.03. The molecule has 0 saturated carbocycles. The quantitative estimate of drug-likeness (QED) is 0.352. The molecule has 0 aromatic heterocycles. The van der Waals surface area contributed by atoms with E-state index in [2.05, 4.69) is 24.3 Å². The third-order valence-electron chi connectivity index (χ3n) is 5.66. The number of benzene rings is 4. The number of hydrogen-bond acceptors (Lipinski definition) is 2. The van der Waals surface area contributed by atoms with Crippen LogP contribution in [0.2, 0.25) is 0 Å². The molecule has 1 aliphatic rings. The summed E-state index contributed by atoms with van der Waals surface area (Å²) in [7, 11) is 0. The van der Waals surface area contributed by atoms with Crippen molar-refractivity contribution < 1.29 is 9.84 Å². The Morgan fingerprint density at radius 3 is 1.34 bits per heavy atom. The van der Waals surface area contributed by atoms with E-state index in [1.54, 1.807) is 0 Å². The van der Waals surface area contributed by atoms with Crippen LogP contribution in [0, 0.1) is 0 Å². The molecule has 5 rings (SSSR count). The summed E-state index contributed by atoms with van der Waals surface area (Å²) in [5, 5.41) is 11.9. The molecular formula is C27H22O2. The Morgan fingerprint density at radius 2 is 0.862 bits per heavy atom. The minimum Gasteiger partial charge on any atom is -0.376 e. The third kappa shape index (κ3) is 3.27. The van der Waals surface area contributed by atoms with Crippen LogP contribution in [-0.4, -0.2) is 5.11 Å². The second-order valence-corrected chi connectivity index (χ2v) is 7.45. The van der Waals surface area contributed by atoms with Gasteiger partial charge in [0.05, 0.1) is 0 Å². The Kier molecular flexibility index (Phi) is 4.51. The average molecular weight is 378 g/mol. The Labute approximate surface area is 171 Å². The van der Waals surface area contributed by atoms with Crippen molar-refractivity contribution >= 4 is 0 Å². The summed E-state index contributed by atoms with van der Waals surface area (Å²) >= 11 is 0. The molecule has 1 saturated heterocycles. The van der Waals surface area contributed by atoms with Gasteiger partial charge in [-0.05, 0) is 27.8 Å². The predicted octanol–water partition coefficient (Wildman–Crippen LogP) is 5.78. The van der Waals surface area contributed by atoms with Crippen LogP contribution < -0.4 is 0 Å². The van der Waals surface area contributed by atoms with Crippen molar-refractivity contribution in [2.24, 2.45) is 0 Å². The van der Waals surface area contributed by atoms with Crippen molar-refractivity contribution in [1.29, 1.82) is 0 Å². The Balaban J connectivity index is 1.49. The molecule has 142 valence electrons. The van der Waals surface area contributed by atoms with Crippen LogP contribution in [0.5, 0.6) is 0 Å². The SMILES string of the molecule is OC(c1ccccc1)(c1ccccc1)c1ccc(C2OC2c2ccccc2)cc1. The maximum absolute atomic E-state index is 11.9. The molecule has 1 N–H and O–H groups in total. The molecule has 2 atom stereocenters. The summed E-state index contributed by atoms with van der Waals surface area (Å²) < 4.78 is 5.92. The molecule has 0 aliphatic carbocycles. The molecule has 0 bridgehead atoms. The molecule has 2 nitrogen and oxygen atoms in total. The number of aliphatic hydroxyl groups is 1. The van der Waals surface area contributed by atoms with E-state index in [0.29, 0.717) is 0 Å². The molecule has 0 spiro atoms. The van der Waals surface area contributed by atoms with Crippen molar-refractivity contribution in [3.63, 3.8) is 0 Å². The van der Waals surface area contributed by atoms with Gasteiger partial charge in [-0.1, -0.05) is 115 Å². The summed E-state index contributed by atoms with van der Waals surface area (Å²) in [5.74, 6) is 0. The number of ether oxygens (including phenoxy) is 1. The first-order valence-corrected chi connectivity index (χ1v) is 9.91. The van der Waals surface area contributed by atoms with Crippen LogP contribution in [-0.2, 0) is 10.3 Å². The van der Waals surface area contributed by atoms with Crippen molar-refractivity contribution in [3.05, 3.63) is 143 Å². The topological polar surface area (TPSA) is 32.8 Å². The monoisotopic (exact) mass is 378 g/mol. The molecule has 0 amide bonds. The van der Waals surface area contributed by atoms with Crippen LogP contribution in [0.25, 0.3) is 0 Å². The van der Waals surface area contributed by atoms with E-state index in [-0.39, 0.29) is 12.2 Å². The lowest BCUT2D eigenvalue weighted by molar-refractivity contribution is 0.125. The van der Waals surface area contributed by atoms with E-state index in [1.807, 2.05) is 91.0 Å². The zero-order valence-electron chi connectivity index (χ0n) is 16.0. The molecule has 1 heterocycles. The zero-order valence-corrected chi connectivity index (χ0v) is 16.0. The van der Waals surface area contributed by atoms with E-state index >= 15 is 0 Å². The molecule has 29 heavy (non-hydrogen) atoms. The van der Waals surface area contributed by atoms with Gasteiger partial charge in [0, 0.05) is 0 Å². The smallest absolute Gasteiger partial charge is 0.140 e. The van der Waals surface area contributed by atoms with Gasteiger partial charge in [-0.15, -0.1) is 0 Å². The third-order valence-corrected chi connectivity index (χ3v) is 5.66. The first-order chi connectivity index (χ1) is 14.3. The van der Waals surface area contributed by atoms with Gasteiger partial charge in [-0.25, -0.2) is 0 Å². The minimum atomic E-state index is -1.20. The fourth-order valence-electron chi connectivity index (χ4n) is 4.03. The Morgan fingerprint density at radius 1 is 0.483 bits per heavy atom. The van der Waals surface area contributed by atoms with Crippen LogP contribution in [0.4, 0.5) is 0 Å². The fraction of sp³-hybridized carbons (Fsp3) is 0.111.